The Hall–Kier alpha value is -3.87. The molecule has 0 aromatic heterocycles. The highest BCUT2D eigenvalue weighted by molar-refractivity contribution is 9.10. The summed E-state index contributed by atoms with van der Waals surface area (Å²) in [5.41, 5.74) is -0.314. The van der Waals surface area contributed by atoms with Crippen LogP contribution in [0.2, 0.25) is 5.02 Å². The van der Waals surface area contributed by atoms with Crippen molar-refractivity contribution in [3.8, 4) is 0 Å². The van der Waals surface area contributed by atoms with Crippen molar-refractivity contribution in [2.24, 2.45) is 0 Å². The molecule has 0 unspecified atom stereocenters. The quantitative estimate of drug-likeness (QED) is 0.187. The minimum absolute atomic E-state index is 0.0907. The van der Waals surface area contributed by atoms with Gasteiger partial charge in [-0.1, -0.05) is 88.2 Å². The summed E-state index contributed by atoms with van der Waals surface area (Å²) < 4.78 is 70.8. The lowest BCUT2D eigenvalue weighted by Crippen LogP contribution is -2.53. The van der Waals surface area contributed by atoms with E-state index in [1.165, 1.54) is 36.2 Å². The van der Waals surface area contributed by atoms with Gasteiger partial charge in [0.2, 0.25) is 11.8 Å². The molecule has 0 bridgehead atoms. The van der Waals surface area contributed by atoms with Gasteiger partial charge in [0.1, 0.15) is 12.6 Å². The van der Waals surface area contributed by atoms with Gasteiger partial charge in [-0.3, -0.25) is 13.9 Å². The van der Waals surface area contributed by atoms with Crippen molar-refractivity contribution in [3.63, 3.8) is 0 Å². The van der Waals surface area contributed by atoms with Crippen LogP contribution >= 0.6 is 27.5 Å². The van der Waals surface area contributed by atoms with Gasteiger partial charge in [-0.2, -0.15) is 13.2 Å². The molecule has 0 radical (unpaired) electrons. The van der Waals surface area contributed by atoms with E-state index >= 15 is 0 Å². The average molecular weight is 723 g/mol. The fraction of sp³-hybridized carbons (Fsp3) is 0.188. The predicted molar refractivity (Wildman–Crippen MR) is 170 cm³/mol. The number of halogens is 5. The van der Waals surface area contributed by atoms with Crippen LogP contribution in [0.25, 0.3) is 0 Å². The molecule has 4 aromatic carbocycles. The normalized spacial score (nSPS) is 12.3. The average Bonchev–Trinajstić information content (AvgIpc) is 3.02. The van der Waals surface area contributed by atoms with Crippen molar-refractivity contribution in [1.29, 1.82) is 0 Å². The van der Waals surface area contributed by atoms with E-state index < -0.39 is 56.9 Å². The maximum Gasteiger partial charge on any atom is 0.417 e. The minimum Gasteiger partial charge on any atom is -0.357 e. The van der Waals surface area contributed by atoms with Gasteiger partial charge in [0.25, 0.3) is 10.0 Å². The van der Waals surface area contributed by atoms with Crippen LogP contribution in [0.15, 0.2) is 112 Å². The molecular weight excluding hydrogens is 695 g/mol. The summed E-state index contributed by atoms with van der Waals surface area (Å²) in [4.78, 5) is 28.5. The second-order valence-corrected chi connectivity index (χ2v) is 13.1. The van der Waals surface area contributed by atoms with Crippen molar-refractivity contribution < 1.29 is 31.2 Å². The number of hydrogen-bond acceptors (Lipinski definition) is 4. The first-order valence-corrected chi connectivity index (χ1v) is 16.2. The van der Waals surface area contributed by atoms with Crippen molar-refractivity contribution in [1.82, 2.24) is 10.2 Å². The number of likely N-dealkylation sites (N-methyl/N-ethyl adjacent to an activating group) is 1. The monoisotopic (exact) mass is 721 g/mol. The topological polar surface area (TPSA) is 86.8 Å². The SMILES string of the molecule is CNC(=O)[C@H](Cc1ccccc1)N(Cc1ccc(Br)cc1)C(=O)CN(c1ccc(Cl)c(C(F)(F)F)c1)S(=O)(=O)c1ccccc1. The lowest BCUT2D eigenvalue weighted by molar-refractivity contribution is -0.139. The van der Waals surface area contributed by atoms with Crippen molar-refractivity contribution in [2.45, 2.75) is 30.1 Å². The third-order valence-corrected chi connectivity index (χ3v) is 9.58. The molecule has 0 heterocycles. The molecular formula is C32H28BrClF3N3O4S. The zero-order valence-corrected chi connectivity index (χ0v) is 27.0. The van der Waals surface area contributed by atoms with Gasteiger partial charge in [0, 0.05) is 24.5 Å². The van der Waals surface area contributed by atoms with E-state index in [4.69, 9.17) is 11.6 Å². The molecule has 0 saturated heterocycles. The molecule has 0 spiro atoms. The summed E-state index contributed by atoms with van der Waals surface area (Å²) in [7, 11) is -3.16. The molecule has 0 fully saturated rings. The number of rotatable bonds is 11. The molecule has 0 aliphatic carbocycles. The predicted octanol–water partition coefficient (Wildman–Crippen LogP) is 6.70. The van der Waals surface area contributed by atoms with E-state index in [0.717, 1.165) is 22.2 Å². The van der Waals surface area contributed by atoms with Gasteiger partial charge in [0.15, 0.2) is 0 Å². The Morgan fingerprint density at radius 1 is 0.889 bits per heavy atom. The van der Waals surface area contributed by atoms with Crippen LogP contribution in [0, 0.1) is 0 Å². The molecule has 0 aliphatic rings. The second kappa shape index (κ2) is 14.5. The van der Waals surface area contributed by atoms with Gasteiger partial charge in [-0.05, 0) is 53.6 Å². The highest BCUT2D eigenvalue weighted by Crippen LogP contribution is 2.38. The number of anilines is 1. The zero-order valence-electron chi connectivity index (χ0n) is 23.8. The van der Waals surface area contributed by atoms with E-state index in [9.17, 15) is 31.2 Å². The number of carbonyl (C=O) groups is 2. The molecule has 1 atom stereocenters. The number of nitrogens with one attached hydrogen (secondary N) is 1. The molecule has 45 heavy (non-hydrogen) atoms. The summed E-state index contributed by atoms with van der Waals surface area (Å²) in [5.74, 6) is -1.32. The largest absolute Gasteiger partial charge is 0.417 e. The van der Waals surface area contributed by atoms with Crippen LogP contribution in [0.4, 0.5) is 18.9 Å². The van der Waals surface area contributed by atoms with Gasteiger partial charge < -0.3 is 10.2 Å². The zero-order chi connectivity index (χ0) is 32.8. The van der Waals surface area contributed by atoms with Gasteiger partial charge in [-0.15, -0.1) is 0 Å². The molecule has 4 aromatic rings. The van der Waals surface area contributed by atoms with Gasteiger partial charge >= 0.3 is 6.18 Å². The van der Waals surface area contributed by atoms with Crippen LogP contribution in [-0.2, 0) is 38.8 Å². The number of hydrogen-bond donors (Lipinski definition) is 1. The van der Waals surface area contributed by atoms with Gasteiger partial charge in [-0.25, -0.2) is 8.42 Å². The lowest BCUT2D eigenvalue weighted by atomic mass is 10.0. The van der Waals surface area contributed by atoms with Crippen LogP contribution < -0.4 is 9.62 Å². The number of amides is 2. The van der Waals surface area contributed by atoms with E-state index in [1.54, 1.807) is 60.7 Å². The third-order valence-electron chi connectivity index (χ3n) is 6.94. The Bertz CT molecular complexity index is 1740. The Balaban J connectivity index is 1.83. The molecule has 0 aliphatic heterocycles. The Kier molecular flexibility index (Phi) is 10.9. The maximum absolute atomic E-state index is 14.3. The second-order valence-electron chi connectivity index (χ2n) is 9.95. The first kappa shape index (κ1) is 34.0. The molecule has 1 N–H and O–H groups in total. The standard InChI is InChI=1S/C32H28BrClF3N3O4S/c1-38-31(42)29(18-22-8-4-2-5-9-22)39(20-23-12-14-24(33)15-13-23)30(41)21-40(45(43,44)26-10-6-3-7-11-26)25-16-17-28(34)27(19-25)32(35,36)37/h2-17,19,29H,18,20-21H2,1H3,(H,38,42)/t29-/m0/s1. The minimum atomic E-state index is -4.90. The smallest absolute Gasteiger partial charge is 0.357 e. The van der Waals surface area contributed by atoms with Crippen molar-refractivity contribution in [2.75, 3.05) is 17.9 Å². The number of benzene rings is 4. The van der Waals surface area contributed by atoms with E-state index in [1.807, 2.05) is 0 Å². The van der Waals surface area contributed by atoms with Gasteiger partial charge in [0.05, 0.1) is 21.2 Å². The third kappa shape index (κ3) is 8.44. The van der Waals surface area contributed by atoms with Crippen molar-refractivity contribution in [3.05, 3.63) is 129 Å². The highest BCUT2D eigenvalue weighted by Gasteiger charge is 2.37. The molecule has 236 valence electrons. The van der Waals surface area contributed by atoms with Crippen LogP contribution in [0.1, 0.15) is 16.7 Å². The Labute approximate surface area is 272 Å². The fourth-order valence-electron chi connectivity index (χ4n) is 4.64. The van der Waals surface area contributed by atoms with Crippen molar-refractivity contribution >= 4 is 55.1 Å². The maximum atomic E-state index is 14.3. The molecule has 2 amide bonds. The number of carbonyl (C=O) groups excluding carboxylic acids is 2. The summed E-state index contributed by atoms with van der Waals surface area (Å²) >= 11 is 9.20. The number of nitrogens with zero attached hydrogens (tertiary/aromatic N) is 2. The summed E-state index contributed by atoms with van der Waals surface area (Å²) in [6, 6.07) is 24.5. The molecule has 13 heteroatoms. The van der Waals surface area contributed by atoms with E-state index in [2.05, 4.69) is 21.2 Å². The highest BCUT2D eigenvalue weighted by atomic mass is 79.9. The molecule has 4 rings (SSSR count). The summed E-state index contributed by atoms with van der Waals surface area (Å²) in [6.45, 7) is -1.00. The number of alkyl halides is 3. The molecule has 7 nitrogen and oxygen atoms in total. The molecule has 0 saturated carbocycles. The number of sulfonamides is 1. The van der Waals surface area contributed by atoms with Crippen LogP contribution in [0.5, 0.6) is 0 Å². The lowest BCUT2D eigenvalue weighted by Gasteiger charge is -2.33. The van der Waals surface area contributed by atoms with Crippen LogP contribution in [-0.4, -0.2) is 44.8 Å². The summed E-state index contributed by atoms with van der Waals surface area (Å²) in [6.07, 6.45) is -4.81. The van der Waals surface area contributed by atoms with Crippen LogP contribution in [0.3, 0.4) is 0 Å². The Morgan fingerprint density at radius 2 is 1.49 bits per heavy atom. The Morgan fingerprint density at radius 3 is 2.07 bits per heavy atom. The first-order valence-electron chi connectivity index (χ1n) is 13.5. The van der Waals surface area contributed by atoms with E-state index in [-0.39, 0.29) is 17.9 Å². The summed E-state index contributed by atoms with van der Waals surface area (Å²) in [5, 5.41) is 1.94. The van der Waals surface area contributed by atoms with E-state index in [0.29, 0.717) is 15.9 Å². The fourth-order valence-corrected chi connectivity index (χ4v) is 6.56. The first-order chi connectivity index (χ1) is 21.3.